The van der Waals surface area contributed by atoms with E-state index in [0.717, 1.165) is 12.8 Å². The molecule has 30 heavy (non-hydrogen) atoms. The number of hydrogen-bond donors (Lipinski definition) is 1. The topological polar surface area (TPSA) is 97.7 Å². The van der Waals surface area contributed by atoms with Gasteiger partial charge in [-0.3, -0.25) is 4.79 Å². The molecule has 0 aliphatic rings. The Labute approximate surface area is 175 Å². The molecule has 7 nitrogen and oxygen atoms in total. The maximum atomic E-state index is 12.6. The second kappa shape index (κ2) is 11.3. The van der Waals surface area contributed by atoms with Gasteiger partial charge in [-0.05, 0) is 42.3 Å². The normalized spacial score (nSPS) is 10.7. The maximum Gasteiger partial charge on any atom is 0.339 e. The summed E-state index contributed by atoms with van der Waals surface area (Å²) in [5, 5.41) is 12.0. The molecule has 0 radical (unpaired) electrons. The number of para-hydroxylation sites is 1. The number of hydrogen-bond acceptors (Lipinski definition) is 6. The van der Waals surface area contributed by atoms with E-state index in [4.69, 9.17) is 14.2 Å². The predicted molar refractivity (Wildman–Crippen MR) is 113 cm³/mol. The van der Waals surface area contributed by atoms with Crippen molar-refractivity contribution in [2.24, 2.45) is 0 Å². The Morgan fingerprint density at radius 1 is 1.13 bits per heavy atom. The summed E-state index contributed by atoms with van der Waals surface area (Å²) in [6.45, 7) is 2.65. The molecule has 0 heterocycles. The lowest BCUT2D eigenvalue weighted by molar-refractivity contribution is -0.112. The maximum absolute atomic E-state index is 12.6. The van der Waals surface area contributed by atoms with Crippen LogP contribution in [0.1, 0.15) is 35.7 Å². The lowest BCUT2D eigenvalue weighted by atomic mass is 10.1. The summed E-state index contributed by atoms with van der Waals surface area (Å²) in [5.74, 6) is -0.125. The van der Waals surface area contributed by atoms with Gasteiger partial charge in [0.25, 0.3) is 5.91 Å². The molecule has 7 heteroatoms. The van der Waals surface area contributed by atoms with E-state index in [1.165, 1.54) is 26.4 Å². The Hall–Kier alpha value is -3.79. The minimum absolute atomic E-state index is 0.128. The highest BCUT2D eigenvalue weighted by Crippen LogP contribution is 2.29. The summed E-state index contributed by atoms with van der Waals surface area (Å²) in [4.78, 5) is 24.5. The first-order valence-corrected chi connectivity index (χ1v) is 9.45. The number of esters is 1. The van der Waals surface area contributed by atoms with E-state index in [0.29, 0.717) is 23.7 Å². The lowest BCUT2D eigenvalue weighted by Crippen LogP contribution is -2.16. The third-order valence-corrected chi connectivity index (χ3v) is 4.20. The van der Waals surface area contributed by atoms with Crippen molar-refractivity contribution in [1.29, 1.82) is 5.26 Å². The van der Waals surface area contributed by atoms with Gasteiger partial charge in [0, 0.05) is 0 Å². The highest BCUT2D eigenvalue weighted by Gasteiger charge is 2.16. The van der Waals surface area contributed by atoms with Crippen LogP contribution in [-0.4, -0.2) is 32.7 Å². The molecule has 0 atom stereocenters. The molecule has 0 aliphatic heterocycles. The lowest BCUT2D eigenvalue weighted by Gasteiger charge is -2.11. The summed E-state index contributed by atoms with van der Waals surface area (Å²) in [7, 11) is 2.78. The van der Waals surface area contributed by atoms with Crippen LogP contribution in [0.5, 0.6) is 11.5 Å². The zero-order chi connectivity index (χ0) is 21.9. The number of carbonyl (C=O) groups excluding carboxylic acids is 2. The van der Waals surface area contributed by atoms with Crippen molar-refractivity contribution >= 4 is 23.6 Å². The molecule has 0 saturated heterocycles. The van der Waals surface area contributed by atoms with Gasteiger partial charge in [-0.2, -0.15) is 5.26 Å². The summed E-state index contributed by atoms with van der Waals surface area (Å²) >= 11 is 0. The highest BCUT2D eigenvalue weighted by atomic mass is 16.5. The van der Waals surface area contributed by atoms with E-state index in [2.05, 4.69) is 12.2 Å². The first kappa shape index (κ1) is 22.5. The highest BCUT2D eigenvalue weighted by molar-refractivity contribution is 6.12. The average Bonchev–Trinajstić information content (AvgIpc) is 2.77. The number of carbonyl (C=O) groups is 2. The number of amides is 1. The molecule has 0 aliphatic carbocycles. The summed E-state index contributed by atoms with van der Waals surface area (Å²) < 4.78 is 15.8. The fourth-order valence-corrected chi connectivity index (χ4v) is 2.60. The molecule has 1 amide bonds. The Bertz CT molecular complexity index is 976. The molecule has 156 valence electrons. The molecule has 1 N–H and O–H groups in total. The van der Waals surface area contributed by atoms with E-state index in [9.17, 15) is 14.9 Å². The van der Waals surface area contributed by atoms with Crippen LogP contribution in [0.4, 0.5) is 5.69 Å². The molecule has 0 aromatic heterocycles. The molecule has 2 aromatic carbocycles. The van der Waals surface area contributed by atoms with Gasteiger partial charge in [-0.15, -0.1) is 0 Å². The van der Waals surface area contributed by atoms with Gasteiger partial charge >= 0.3 is 5.97 Å². The molecule has 0 spiro atoms. The van der Waals surface area contributed by atoms with E-state index >= 15 is 0 Å². The van der Waals surface area contributed by atoms with Gasteiger partial charge in [0.1, 0.15) is 11.6 Å². The van der Waals surface area contributed by atoms with Crippen LogP contribution in [0.25, 0.3) is 6.08 Å². The fraction of sp³-hybridized carbons (Fsp3) is 0.261. The van der Waals surface area contributed by atoms with Crippen LogP contribution in [0, 0.1) is 11.3 Å². The van der Waals surface area contributed by atoms with Gasteiger partial charge in [-0.25, -0.2) is 4.79 Å². The van der Waals surface area contributed by atoms with Crippen molar-refractivity contribution in [2.75, 3.05) is 26.1 Å². The van der Waals surface area contributed by atoms with Gasteiger partial charge in [0.05, 0.1) is 32.1 Å². The molecule has 0 bridgehead atoms. The first-order chi connectivity index (χ1) is 14.5. The Kier molecular flexibility index (Phi) is 8.45. The largest absolute Gasteiger partial charge is 0.493 e. The van der Waals surface area contributed by atoms with Crippen molar-refractivity contribution in [3.8, 4) is 17.6 Å². The number of methoxy groups -OCH3 is 2. The van der Waals surface area contributed by atoms with E-state index in [1.807, 2.05) is 6.07 Å². The zero-order valence-corrected chi connectivity index (χ0v) is 17.2. The smallest absolute Gasteiger partial charge is 0.339 e. The number of nitrogens with zero attached hydrogens (tertiary/aromatic N) is 1. The summed E-state index contributed by atoms with van der Waals surface area (Å²) in [6, 6.07) is 13.5. The minimum Gasteiger partial charge on any atom is -0.493 e. The third-order valence-electron chi connectivity index (χ3n) is 4.20. The van der Waals surface area contributed by atoms with Crippen LogP contribution in [-0.2, 0) is 9.53 Å². The number of anilines is 1. The van der Waals surface area contributed by atoms with Crippen LogP contribution >= 0.6 is 0 Å². The molecular formula is C23H24N2O5. The number of unbranched alkanes of at least 4 members (excludes halogenated alkanes) is 1. The fourth-order valence-electron chi connectivity index (χ4n) is 2.60. The molecule has 2 aromatic rings. The molecule has 0 saturated carbocycles. The first-order valence-electron chi connectivity index (χ1n) is 9.45. The number of benzene rings is 2. The van der Waals surface area contributed by atoms with Gasteiger partial charge < -0.3 is 19.5 Å². The Morgan fingerprint density at radius 3 is 2.57 bits per heavy atom. The number of rotatable bonds is 9. The van der Waals surface area contributed by atoms with Crippen molar-refractivity contribution < 1.29 is 23.8 Å². The van der Waals surface area contributed by atoms with Crippen molar-refractivity contribution in [3.63, 3.8) is 0 Å². The summed E-state index contributed by atoms with van der Waals surface area (Å²) in [6.07, 6.45) is 3.38. The van der Waals surface area contributed by atoms with Crippen molar-refractivity contribution in [2.45, 2.75) is 19.8 Å². The second-order valence-electron chi connectivity index (χ2n) is 6.27. The molecule has 0 unspecified atom stereocenters. The second-order valence-corrected chi connectivity index (χ2v) is 6.27. The van der Waals surface area contributed by atoms with Gasteiger partial charge in [-0.1, -0.05) is 31.5 Å². The Morgan fingerprint density at radius 2 is 1.90 bits per heavy atom. The predicted octanol–water partition coefficient (Wildman–Crippen LogP) is 4.21. The minimum atomic E-state index is -0.643. The monoisotopic (exact) mass is 408 g/mol. The SMILES string of the molecule is CCCCOc1ccc(C=C(C#N)C(=O)Nc2ccccc2C(=O)OC)cc1OC. The third kappa shape index (κ3) is 5.85. The van der Waals surface area contributed by atoms with Crippen LogP contribution in [0.2, 0.25) is 0 Å². The molecular weight excluding hydrogens is 384 g/mol. The zero-order valence-electron chi connectivity index (χ0n) is 17.2. The van der Waals surface area contributed by atoms with Crippen molar-refractivity contribution in [3.05, 3.63) is 59.2 Å². The standard InChI is InChI=1S/C23H24N2O5/c1-4-5-12-30-20-11-10-16(14-21(20)28-2)13-17(15-24)22(26)25-19-9-7-6-8-18(19)23(27)29-3/h6-11,13-14H,4-5,12H2,1-3H3,(H,25,26). The summed E-state index contributed by atoms with van der Waals surface area (Å²) in [5.41, 5.74) is 0.924. The van der Waals surface area contributed by atoms with Crippen LogP contribution in [0.3, 0.4) is 0 Å². The number of nitrogens with one attached hydrogen (secondary N) is 1. The average molecular weight is 408 g/mol. The van der Waals surface area contributed by atoms with E-state index in [1.54, 1.807) is 36.4 Å². The van der Waals surface area contributed by atoms with Gasteiger partial charge in [0.15, 0.2) is 11.5 Å². The van der Waals surface area contributed by atoms with E-state index < -0.39 is 11.9 Å². The van der Waals surface area contributed by atoms with Crippen LogP contribution < -0.4 is 14.8 Å². The molecule has 2 rings (SSSR count). The van der Waals surface area contributed by atoms with Gasteiger partial charge in [0.2, 0.25) is 0 Å². The Balaban J connectivity index is 2.24. The quantitative estimate of drug-likeness (QED) is 0.289. The number of ether oxygens (including phenoxy) is 3. The van der Waals surface area contributed by atoms with E-state index in [-0.39, 0.29) is 16.8 Å². The van der Waals surface area contributed by atoms with Crippen molar-refractivity contribution in [1.82, 2.24) is 0 Å². The number of nitriles is 1. The van der Waals surface area contributed by atoms with Crippen LogP contribution in [0.15, 0.2) is 48.0 Å². The molecule has 0 fully saturated rings.